The minimum atomic E-state index is 0.880. The maximum Gasteiger partial charge on any atom is 0.0462 e. The molecule has 0 rings (SSSR count). The predicted molar refractivity (Wildman–Crippen MR) is 55.1 cm³/mol. The van der Waals surface area contributed by atoms with E-state index in [2.05, 4.69) is 5.32 Å². The van der Waals surface area contributed by atoms with Gasteiger partial charge in [-0.2, -0.15) is 0 Å². The molecule has 3 nitrogen and oxygen atoms in total. The molecule has 13 heavy (non-hydrogen) atoms. The number of hydrogen-bond acceptors (Lipinski definition) is 3. The zero-order valence-corrected chi connectivity index (χ0v) is 8.97. The monoisotopic (exact) mass is 189 g/mol. The van der Waals surface area contributed by atoms with Gasteiger partial charge in [-0.05, 0) is 38.8 Å². The molecule has 0 heterocycles. The topological polar surface area (TPSA) is 30.5 Å². The second-order valence-electron chi connectivity index (χ2n) is 3.15. The summed E-state index contributed by atoms with van der Waals surface area (Å²) >= 11 is 0. The molecule has 0 aliphatic heterocycles. The zero-order valence-electron chi connectivity index (χ0n) is 8.97. The molecule has 0 aliphatic carbocycles. The standard InChI is InChI=1S/C10H23NO2/c1-12-9-5-3-7-11-8-4-6-10-13-2/h11H,3-10H2,1-2H3. The second kappa shape index (κ2) is 11.9. The Hall–Kier alpha value is -0.120. The van der Waals surface area contributed by atoms with Crippen LogP contribution >= 0.6 is 0 Å². The summed E-state index contributed by atoms with van der Waals surface area (Å²) in [6, 6.07) is 0. The van der Waals surface area contributed by atoms with Gasteiger partial charge in [-0.3, -0.25) is 0 Å². The minimum Gasteiger partial charge on any atom is -0.385 e. The first kappa shape index (κ1) is 12.9. The van der Waals surface area contributed by atoms with Gasteiger partial charge in [0.15, 0.2) is 0 Å². The lowest BCUT2D eigenvalue weighted by Gasteiger charge is -2.03. The molecule has 0 aromatic rings. The fourth-order valence-corrected chi connectivity index (χ4v) is 1.12. The number of rotatable bonds is 10. The Morgan fingerprint density at radius 3 is 1.62 bits per heavy atom. The molecule has 0 unspecified atom stereocenters. The Morgan fingerprint density at radius 2 is 1.23 bits per heavy atom. The van der Waals surface area contributed by atoms with Crippen molar-refractivity contribution in [2.24, 2.45) is 0 Å². The molecular weight excluding hydrogens is 166 g/mol. The Balaban J connectivity index is 2.76. The van der Waals surface area contributed by atoms with Crippen molar-refractivity contribution >= 4 is 0 Å². The molecule has 0 spiro atoms. The van der Waals surface area contributed by atoms with E-state index in [1.807, 2.05) is 0 Å². The number of nitrogens with one attached hydrogen (secondary N) is 1. The van der Waals surface area contributed by atoms with Gasteiger partial charge in [-0.25, -0.2) is 0 Å². The van der Waals surface area contributed by atoms with E-state index < -0.39 is 0 Å². The Bertz CT molecular complexity index is 79.0. The first-order valence-electron chi connectivity index (χ1n) is 5.10. The molecule has 0 aliphatic rings. The number of unbranched alkanes of at least 4 members (excludes halogenated alkanes) is 2. The van der Waals surface area contributed by atoms with Gasteiger partial charge in [0.25, 0.3) is 0 Å². The van der Waals surface area contributed by atoms with Gasteiger partial charge in [0.1, 0.15) is 0 Å². The van der Waals surface area contributed by atoms with E-state index >= 15 is 0 Å². The highest BCUT2D eigenvalue weighted by molar-refractivity contribution is 4.48. The van der Waals surface area contributed by atoms with E-state index in [0.29, 0.717) is 0 Å². The molecule has 1 N–H and O–H groups in total. The van der Waals surface area contributed by atoms with Gasteiger partial charge < -0.3 is 14.8 Å². The van der Waals surface area contributed by atoms with Gasteiger partial charge in [0.2, 0.25) is 0 Å². The second-order valence-corrected chi connectivity index (χ2v) is 3.15. The van der Waals surface area contributed by atoms with Crippen LogP contribution < -0.4 is 5.32 Å². The van der Waals surface area contributed by atoms with E-state index in [9.17, 15) is 0 Å². The smallest absolute Gasteiger partial charge is 0.0462 e. The average Bonchev–Trinajstić information content (AvgIpc) is 2.16. The maximum absolute atomic E-state index is 4.96. The normalized spacial score (nSPS) is 10.6. The Labute approximate surface area is 81.8 Å². The first-order chi connectivity index (χ1) is 6.41. The lowest BCUT2D eigenvalue weighted by atomic mass is 10.3. The summed E-state index contributed by atoms with van der Waals surface area (Å²) in [6.07, 6.45) is 4.72. The van der Waals surface area contributed by atoms with E-state index in [1.54, 1.807) is 14.2 Å². The van der Waals surface area contributed by atoms with Gasteiger partial charge in [0.05, 0.1) is 0 Å². The summed E-state index contributed by atoms with van der Waals surface area (Å²) in [5, 5.41) is 3.39. The van der Waals surface area contributed by atoms with Crippen molar-refractivity contribution in [3.63, 3.8) is 0 Å². The van der Waals surface area contributed by atoms with Crippen molar-refractivity contribution < 1.29 is 9.47 Å². The van der Waals surface area contributed by atoms with E-state index in [0.717, 1.165) is 39.1 Å². The molecule has 0 saturated heterocycles. The minimum absolute atomic E-state index is 0.880. The Morgan fingerprint density at radius 1 is 0.769 bits per heavy atom. The summed E-state index contributed by atoms with van der Waals surface area (Å²) in [7, 11) is 3.50. The molecule has 3 heteroatoms. The SMILES string of the molecule is COCCCCNCCCCOC. The van der Waals surface area contributed by atoms with Crippen molar-refractivity contribution in [2.45, 2.75) is 25.7 Å². The van der Waals surface area contributed by atoms with Crippen molar-refractivity contribution in [1.29, 1.82) is 0 Å². The van der Waals surface area contributed by atoms with Crippen molar-refractivity contribution in [3.05, 3.63) is 0 Å². The highest BCUT2D eigenvalue weighted by Crippen LogP contribution is 1.89. The largest absolute Gasteiger partial charge is 0.385 e. The number of ether oxygens (including phenoxy) is 2. The molecule has 0 saturated carbocycles. The third-order valence-electron chi connectivity index (χ3n) is 1.90. The molecular formula is C10H23NO2. The van der Waals surface area contributed by atoms with Crippen LogP contribution in [0.25, 0.3) is 0 Å². The summed E-state index contributed by atoms with van der Waals surface area (Å²) < 4.78 is 9.91. The summed E-state index contributed by atoms with van der Waals surface area (Å²) in [4.78, 5) is 0. The average molecular weight is 189 g/mol. The quantitative estimate of drug-likeness (QED) is 0.527. The van der Waals surface area contributed by atoms with E-state index in [4.69, 9.17) is 9.47 Å². The van der Waals surface area contributed by atoms with Crippen LogP contribution in [0, 0.1) is 0 Å². The summed E-state index contributed by atoms with van der Waals surface area (Å²) in [5.41, 5.74) is 0. The fraction of sp³-hybridized carbons (Fsp3) is 1.00. The summed E-state index contributed by atoms with van der Waals surface area (Å²) in [6.45, 7) is 3.98. The predicted octanol–water partition coefficient (Wildman–Crippen LogP) is 1.43. The molecule has 80 valence electrons. The van der Waals surface area contributed by atoms with E-state index in [-0.39, 0.29) is 0 Å². The lowest BCUT2D eigenvalue weighted by molar-refractivity contribution is 0.190. The molecule has 0 amide bonds. The van der Waals surface area contributed by atoms with Crippen LogP contribution in [0.5, 0.6) is 0 Å². The van der Waals surface area contributed by atoms with E-state index in [1.165, 1.54) is 12.8 Å². The van der Waals surface area contributed by atoms with Crippen LogP contribution in [0.3, 0.4) is 0 Å². The Kier molecular flexibility index (Phi) is 11.8. The molecule has 0 atom stereocenters. The third kappa shape index (κ3) is 11.9. The van der Waals surface area contributed by atoms with Crippen LogP contribution in [-0.4, -0.2) is 40.5 Å². The van der Waals surface area contributed by atoms with Crippen molar-refractivity contribution in [2.75, 3.05) is 40.5 Å². The van der Waals surface area contributed by atoms with Crippen LogP contribution in [0.4, 0.5) is 0 Å². The first-order valence-corrected chi connectivity index (χ1v) is 5.10. The lowest BCUT2D eigenvalue weighted by Crippen LogP contribution is -2.17. The molecule has 0 radical (unpaired) electrons. The van der Waals surface area contributed by atoms with Crippen LogP contribution in [-0.2, 0) is 9.47 Å². The number of hydrogen-bond donors (Lipinski definition) is 1. The zero-order chi connectivity index (χ0) is 9.78. The highest BCUT2D eigenvalue weighted by Gasteiger charge is 1.89. The third-order valence-corrected chi connectivity index (χ3v) is 1.90. The summed E-state index contributed by atoms with van der Waals surface area (Å²) in [5.74, 6) is 0. The van der Waals surface area contributed by atoms with Crippen LogP contribution in [0.2, 0.25) is 0 Å². The van der Waals surface area contributed by atoms with Gasteiger partial charge in [0, 0.05) is 27.4 Å². The number of methoxy groups -OCH3 is 2. The fourth-order valence-electron chi connectivity index (χ4n) is 1.12. The van der Waals surface area contributed by atoms with Crippen LogP contribution in [0.15, 0.2) is 0 Å². The van der Waals surface area contributed by atoms with Crippen molar-refractivity contribution in [3.8, 4) is 0 Å². The molecule has 0 aromatic heterocycles. The van der Waals surface area contributed by atoms with Gasteiger partial charge in [-0.15, -0.1) is 0 Å². The van der Waals surface area contributed by atoms with Gasteiger partial charge >= 0.3 is 0 Å². The maximum atomic E-state index is 4.96. The molecule has 0 aromatic carbocycles. The highest BCUT2D eigenvalue weighted by atomic mass is 16.5. The van der Waals surface area contributed by atoms with Gasteiger partial charge in [-0.1, -0.05) is 0 Å². The van der Waals surface area contributed by atoms with Crippen molar-refractivity contribution in [1.82, 2.24) is 5.32 Å². The molecule has 0 fully saturated rings. The van der Waals surface area contributed by atoms with Crippen LogP contribution in [0.1, 0.15) is 25.7 Å². The molecule has 0 bridgehead atoms.